The number of hydrogen-bond acceptors (Lipinski definition) is 2. The van der Waals surface area contributed by atoms with Gasteiger partial charge in [0.05, 0.1) is 5.71 Å². The quantitative estimate of drug-likeness (QED) is 0.539. The number of halogens is 1. The van der Waals surface area contributed by atoms with E-state index in [9.17, 15) is 0 Å². The predicted molar refractivity (Wildman–Crippen MR) is 55.0 cm³/mol. The number of hydrogen-bond donors (Lipinski definition) is 0. The van der Waals surface area contributed by atoms with Crippen LogP contribution in [0.4, 0.5) is 0 Å². The SMILES string of the molecule is CC(C)=NOCc1cccc(Cl)c1. The van der Waals surface area contributed by atoms with E-state index < -0.39 is 0 Å². The summed E-state index contributed by atoms with van der Waals surface area (Å²) in [5.41, 5.74) is 1.93. The molecule has 0 amide bonds. The maximum atomic E-state index is 5.79. The molecule has 0 heterocycles. The van der Waals surface area contributed by atoms with Gasteiger partial charge >= 0.3 is 0 Å². The molecule has 0 aliphatic heterocycles. The topological polar surface area (TPSA) is 21.6 Å². The summed E-state index contributed by atoms with van der Waals surface area (Å²) in [4.78, 5) is 5.07. The van der Waals surface area contributed by atoms with E-state index in [1.54, 1.807) is 0 Å². The molecule has 1 rings (SSSR count). The number of rotatable bonds is 3. The highest BCUT2D eigenvalue weighted by Gasteiger charge is 1.93. The van der Waals surface area contributed by atoms with Gasteiger partial charge in [0.1, 0.15) is 6.61 Å². The lowest BCUT2D eigenvalue weighted by Gasteiger charge is -2.00. The standard InChI is InChI=1S/C10H12ClNO/c1-8(2)12-13-7-9-4-3-5-10(11)6-9/h3-6H,7H2,1-2H3. The Labute approximate surface area is 83.2 Å². The maximum absolute atomic E-state index is 5.79. The van der Waals surface area contributed by atoms with E-state index in [0.717, 1.165) is 16.3 Å². The van der Waals surface area contributed by atoms with Crippen molar-refractivity contribution < 1.29 is 4.84 Å². The van der Waals surface area contributed by atoms with Gasteiger partial charge in [0, 0.05) is 5.02 Å². The van der Waals surface area contributed by atoms with Crippen LogP contribution in [-0.4, -0.2) is 5.71 Å². The average molecular weight is 198 g/mol. The average Bonchev–Trinajstić information content (AvgIpc) is 2.03. The minimum Gasteiger partial charge on any atom is -0.391 e. The monoisotopic (exact) mass is 197 g/mol. The van der Waals surface area contributed by atoms with Gasteiger partial charge in [-0.15, -0.1) is 0 Å². The van der Waals surface area contributed by atoms with Crippen LogP contribution in [0.25, 0.3) is 0 Å². The maximum Gasteiger partial charge on any atom is 0.142 e. The summed E-state index contributed by atoms with van der Waals surface area (Å²) in [6, 6.07) is 7.54. The van der Waals surface area contributed by atoms with Crippen molar-refractivity contribution in [2.75, 3.05) is 0 Å². The van der Waals surface area contributed by atoms with Crippen LogP contribution < -0.4 is 0 Å². The molecule has 0 atom stereocenters. The van der Waals surface area contributed by atoms with Crippen molar-refractivity contribution in [3.63, 3.8) is 0 Å². The van der Waals surface area contributed by atoms with Gasteiger partial charge in [0.2, 0.25) is 0 Å². The number of oxime groups is 1. The van der Waals surface area contributed by atoms with Crippen molar-refractivity contribution >= 4 is 17.3 Å². The molecular weight excluding hydrogens is 186 g/mol. The molecule has 70 valence electrons. The second-order valence-corrected chi connectivity index (χ2v) is 3.38. The van der Waals surface area contributed by atoms with Crippen molar-refractivity contribution in [2.45, 2.75) is 20.5 Å². The van der Waals surface area contributed by atoms with Crippen molar-refractivity contribution in [1.29, 1.82) is 0 Å². The molecule has 0 aromatic heterocycles. The highest BCUT2D eigenvalue weighted by atomic mass is 35.5. The molecule has 0 radical (unpaired) electrons. The lowest BCUT2D eigenvalue weighted by molar-refractivity contribution is 0.130. The van der Waals surface area contributed by atoms with E-state index in [1.807, 2.05) is 38.1 Å². The summed E-state index contributed by atoms with van der Waals surface area (Å²) in [5.74, 6) is 0. The zero-order valence-corrected chi connectivity index (χ0v) is 8.51. The fraction of sp³-hybridized carbons (Fsp3) is 0.300. The summed E-state index contributed by atoms with van der Waals surface area (Å²) >= 11 is 5.79. The minimum atomic E-state index is 0.464. The van der Waals surface area contributed by atoms with E-state index in [4.69, 9.17) is 16.4 Å². The molecule has 3 heteroatoms. The van der Waals surface area contributed by atoms with Gasteiger partial charge in [0.15, 0.2) is 0 Å². The summed E-state index contributed by atoms with van der Waals surface area (Å²) in [5, 5.41) is 4.54. The third-order valence-corrected chi connectivity index (χ3v) is 1.60. The minimum absolute atomic E-state index is 0.464. The van der Waals surface area contributed by atoms with Gasteiger partial charge in [-0.1, -0.05) is 28.9 Å². The molecule has 0 N–H and O–H groups in total. The Hall–Kier alpha value is -1.02. The highest BCUT2D eigenvalue weighted by molar-refractivity contribution is 6.30. The first kappa shape index (κ1) is 10.1. The van der Waals surface area contributed by atoms with E-state index in [2.05, 4.69) is 5.16 Å². The number of nitrogens with zero attached hydrogens (tertiary/aromatic N) is 1. The second kappa shape index (κ2) is 4.87. The predicted octanol–water partition coefficient (Wildman–Crippen LogP) is 3.25. The van der Waals surface area contributed by atoms with Crippen LogP contribution in [0, 0.1) is 0 Å². The first-order valence-electron chi connectivity index (χ1n) is 4.06. The lowest BCUT2D eigenvalue weighted by Crippen LogP contribution is -1.89. The molecule has 0 unspecified atom stereocenters. The molecular formula is C10H12ClNO. The summed E-state index contributed by atoms with van der Waals surface area (Å²) < 4.78 is 0. The Bertz CT molecular complexity index is 306. The molecule has 1 aromatic rings. The van der Waals surface area contributed by atoms with Gasteiger partial charge in [-0.3, -0.25) is 0 Å². The Balaban J connectivity index is 2.50. The van der Waals surface area contributed by atoms with Crippen LogP contribution in [0.2, 0.25) is 5.02 Å². The molecule has 13 heavy (non-hydrogen) atoms. The molecule has 1 aromatic carbocycles. The van der Waals surface area contributed by atoms with Crippen LogP contribution in [0.15, 0.2) is 29.4 Å². The van der Waals surface area contributed by atoms with Crippen molar-refractivity contribution in [1.82, 2.24) is 0 Å². The molecule has 0 aliphatic carbocycles. The summed E-state index contributed by atoms with van der Waals surface area (Å²) in [6.45, 7) is 4.24. The van der Waals surface area contributed by atoms with E-state index in [1.165, 1.54) is 0 Å². The first-order valence-corrected chi connectivity index (χ1v) is 4.44. The van der Waals surface area contributed by atoms with Crippen molar-refractivity contribution in [2.24, 2.45) is 5.16 Å². The molecule has 0 bridgehead atoms. The fourth-order valence-electron chi connectivity index (χ4n) is 0.863. The smallest absolute Gasteiger partial charge is 0.142 e. The van der Waals surface area contributed by atoms with Crippen LogP contribution in [0.1, 0.15) is 19.4 Å². The molecule has 2 nitrogen and oxygen atoms in total. The van der Waals surface area contributed by atoms with Gasteiger partial charge in [-0.2, -0.15) is 0 Å². The van der Waals surface area contributed by atoms with Gasteiger partial charge < -0.3 is 4.84 Å². The van der Waals surface area contributed by atoms with Crippen molar-refractivity contribution in [3.05, 3.63) is 34.9 Å². The Kier molecular flexibility index (Phi) is 3.77. The fourth-order valence-corrected chi connectivity index (χ4v) is 1.08. The molecule has 0 saturated carbocycles. The zero-order valence-electron chi connectivity index (χ0n) is 7.75. The van der Waals surface area contributed by atoms with Crippen LogP contribution in [-0.2, 0) is 11.4 Å². The molecule has 0 spiro atoms. The first-order chi connectivity index (χ1) is 6.18. The van der Waals surface area contributed by atoms with Gasteiger partial charge in [-0.05, 0) is 31.5 Å². The summed E-state index contributed by atoms with van der Waals surface area (Å²) in [7, 11) is 0. The largest absolute Gasteiger partial charge is 0.391 e. The van der Waals surface area contributed by atoms with E-state index in [-0.39, 0.29) is 0 Å². The Morgan fingerprint density at radius 1 is 1.46 bits per heavy atom. The number of benzene rings is 1. The van der Waals surface area contributed by atoms with Crippen LogP contribution >= 0.6 is 11.6 Å². The Morgan fingerprint density at radius 3 is 2.85 bits per heavy atom. The van der Waals surface area contributed by atoms with E-state index in [0.29, 0.717) is 6.61 Å². The second-order valence-electron chi connectivity index (χ2n) is 2.94. The molecule has 0 fully saturated rings. The summed E-state index contributed by atoms with van der Waals surface area (Å²) in [6.07, 6.45) is 0. The third-order valence-electron chi connectivity index (χ3n) is 1.37. The van der Waals surface area contributed by atoms with Crippen LogP contribution in [0.5, 0.6) is 0 Å². The van der Waals surface area contributed by atoms with Crippen molar-refractivity contribution in [3.8, 4) is 0 Å². The zero-order chi connectivity index (χ0) is 9.68. The highest BCUT2D eigenvalue weighted by Crippen LogP contribution is 2.11. The normalized spacial score (nSPS) is 9.46. The lowest BCUT2D eigenvalue weighted by atomic mass is 10.2. The third kappa shape index (κ3) is 3.95. The van der Waals surface area contributed by atoms with Gasteiger partial charge in [-0.25, -0.2) is 0 Å². The van der Waals surface area contributed by atoms with Gasteiger partial charge in [0.25, 0.3) is 0 Å². The van der Waals surface area contributed by atoms with E-state index >= 15 is 0 Å². The molecule has 0 aliphatic rings. The van der Waals surface area contributed by atoms with Crippen LogP contribution in [0.3, 0.4) is 0 Å². The Morgan fingerprint density at radius 2 is 2.23 bits per heavy atom. The molecule has 0 saturated heterocycles.